The third kappa shape index (κ3) is 3.26. The number of hydrogen-bond acceptors (Lipinski definition) is 3. The zero-order chi connectivity index (χ0) is 14.8. The van der Waals surface area contributed by atoms with Gasteiger partial charge in [-0.15, -0.1) is 0 Å². The van der Waals surface area contributed by atoms with E-state index in [1.54, 1.807) is 0 Å². The molecule has 21 heavy (non-hydrogen) atoms. The standard InChI is InChI=1S/C17H22FNO2/c18-14-5-6-16(20)15(9-14)17(21)11-19-8-7-12-3-1-2-4-13(12)10-19/h5-6,9,12-13,20H,1-4,7-8,10-11H2. The van der Waals surface area contributed by atoms with Gasteiger partial charge in [0, 0.05) is 6.54 Å². The second-order valence-electron chi connectivity index (χ2n) is 6.41. The van der Waals surface area contributed by atoms with Gasteiger partial charge in [-0.25, -0.2) is 4.39 Å². The lowest BCUT2D eigenvalue weighted by atomic mass is 9.75. The third-order valence-electron chi connectivity index (χ3n) is 5.00. The van der Waals surface area contributed by atoms with E-state index in [0.29, 0.717) is 5.92 Å². The molecule has 1 aromatic rings. The first-order valence-corrected chi connectivity index (χ1v) is 7.87. The molecule has 3 rings (SSSR count). The molecule has 1 heterocycles. The van der Waals surface area contributed by atoms with Gasteiger partial charge in [0.25, 0.3) is 0 Å². The van der Waals surface area contributed by atoms with Crippen molar-refractivity contribution in [3.8, 4) is 5.75 Å². The van der Waals surface area contributed by atoms with Crippen molar-refractivity contribution in [3.63, 3.8) is 0 Å². The van der Waals surface area contributed by atoms with Crippen molar-refractivity contribution in [2.75, 3.05) is 19.6 Å². The van der Waals surface area contributed by atoms with Crippen LogP contribution < -0.4 is 0 Å². The second-order valence-corrected chi connectivity index (χ2v) is 6.41. The van der Waals surface area contributed by atoms with Gasteiger partial charge in [0.05, 0.1) is 12.1 Å². The van der Waals surface area contributed by atoms with Gasteiger partial charge in [-0.05, 0) is 49.4 Å². The van der Waals surface area contributed by atoms with E-state index in [2.05, 4.69) is 4.90 Å². The Balaban J connectivity index is 1.63. The van der Waals surface area contributed by atoms with Gasteiger partial charge >= 0.3 is 0 Å². The highest BCUT2D eigenvalue weighted by atomic mass is 19.1. The van der Waals surface area contributed by atoms with Crippen LogP contribution in [0.1, 0.15) is 42.5 Å². The molecule has 0 radical (unpaired) electrons. The van der Waals surface area contributed by atoms with Crippen LogP contribution in [0.15, 0.2) is 18.2 Å². The lowest BCUT2D eigenvalue weighted by Gasteiger charge is -2.41. The van der Waals surface area contributed by atoms with Crippen LogP contribution in [-0.2, 0) is 0 Å². The molecule has 0 amide bonds. The number of phenols is 1. The summed E-state index contributed by atoms with van der Waals surface area (Å²) in [6.45, 7) is 2.18. The molecule has 4 heteroatoms. The van der Waals surface area contributed by atoms with Crippen molar-refractivity contribution >= 4 is 5.78 Å². The van der Waals surface area contributed by atoms with Crippen LogP contribution >= 0.6 is 0 Å². The Morgan fingerprint density at radius 3 is 2.81 bits per heavy atom. The number of ketones is 1. The molecule has 2 atom stereocenters. The van der Waals surface area contributed by atoms with Crippen molar-refractivity contribution in [1.82, 2.24) is 4.90 Å². The summed E-state index contributed by atoms with van der Waals surface area (Å²) in [5.74, 6) is 0.728. The van der Waals surface area contributed by atoms with Crippen molar-refractivity contribution in [3.05, 3.63) is 29.6 Å². The molecule has 2 fully saturated rings. The minimum Gasteiger partial charge on any atom is -0.507 e. The van der Waals surface area contributed by atoms with Crippen LogP contribution in [0, 0.1) is 17.7 Å². The number of carbonyl (C=O) groups is 1. The minimum atomic E-state index is -0.484. The number of benzene rings is 1. The summed E-state index contributed by atoms with van der Waals surface area (Å²) in [6, 6.07) is 3.54. The number of halogens is 1. The summed E-state index contributed by atoms with van der Waals surface area (Å²) >= 11 is 0. The molecule has 0 spiro atoms. The Morgan fingerprint density at radius 1 is 1.24 bits per heavy atom. The van der Waals surface area contributed by atoms with Gasteiger partial charge < -0.3 is 5.11 Å². The smallest absolute Gasteiger partial charge is 0.180 e. The van der Waals surface area contributed by atoms with Crippen LogP contribution in [0.25, 0.3) is 0 Å². The molecule has 1 saturated heterocycles. The minimum absolute atomic E-state index is 0.0979. The van der Waals surface area contributed by atoms with E-state index in [4.69, 9.17) is 0 Å². The number of nitrogens with zero attached hydrogens (tertiary/aromatic N) is 1. The maximum Gasteiger partial charge on any atom is 0.180 e. The molecule has 1 aliphatic heterocycles. The Morgan fingerprint density at radius 2 is 2.00 bits per heavy atom. The Labute approximate surface area is 124 Å². The highest BCUT2D eigenvalue weighted by molar-refractivity contribution is 6.00. The first-order chi connectivity index (χ1) is 10.1. The maximum atomic E-state index is 13.2. The van der Waals surface area contributed by atoms with E-state index < -0.39 is 5.82 Å². The number of rotatable bonds is 3. The second kappa shape index (κ2) is 6.14. The fourth-order valence-corrected chi connectivity index (χ4v) is 3.84. The van der Waals surface area contributed by atoms with E-state index in [1.165, 1.54) is 37.8 Å². The molecular weight excluding hydrogens is 269 g/mol. The van der Waals surface area contributed by atoms with Crippen LogP contribution in [0.4, 0.5) is 4.39 Å². The van der Waals surface area contributed by atoms with Gasteiger partial charge in [-0.2, -0.15) is 0 Å². The van der Waals surface area contributed by atoms with Gasteiger partial charge in [0.15, 0.2) is 5.78 Å². The average molecular weight is 291 g/mol. The van der Waals surface area contributed by atoms with E-state index in [9.17, 15) is 14.3 Å². The molecule has 3 nitrogen and oxygen atoms in total. The Bertz CT molecular complexity index is 532. The zero-order valence-corrected chi connectivity index (χ0v) is 12.2. The summed E-state index contributed by atoms with van der Waals surface area (Å²) in [6.07, 6.45) is 6.40. The van der Waals surface area contributed by atoms with E-state index in [1.807, 2.05) is 0 Å². The monoisotopic (exact) mass is 291 g/mol. The van der Waals surface area contributed by atoms with Crippen LogP contribution in [-0.4, -0.2) is 35.4 Å². The number of hydrogen-bond donors (Lipinski definition) is 1. The topological polar surface area (TPSA) is 40.5 Å². The van der Waals surface area contributed by atoms with Gasteiger partial charge in [0.2, 0.25) is 0 Å². The molecule has 2 unspecified atom stereocenters. The first-order valence-electron chi connectivity index (χ1n) is 7.87. The van der Waals surface area contributed by atoms with Gasteiger partial charge in [-0.1, -0.05) is 19.3 Å². The normalized spacial score (nSPS) is 26.3. The molecule has 0 aromatic heterocycles. The number of Topliss-reactive ketones (excluding diaryl/α,β-unsaturated/α-hetero) is 1. The summed E-state index contributed by atoms with van der Waals surface area (Å²) in [5.41, 5.74) is 0.0979. The summed E-state index contributed by atoms with van der Waals surface area (Å²) in [7, 11) is 0. The fourth-order valence-electron chi connectivity index (χ4n) is 3.84. The highest BCUT2D eigenvalue weighted by Crippen LogP contribution is 2.36. The number of piperidine rings is 1. The third-order valence-corrected chi connectivity index (χ3v) is 5.00. The molecule has 114 valence electrons. The quantitative estimate of drug-likeness (QED) is 0.869. The number of likely N-dealkylation sites (tertiary alicyclic amines) is 1. The zero-order valence-electron chi connectivity index (χ0n) is 12.2. The number of phenolic OH excluding ortho intramolecular Hbond substituents is 1. The SMILES string of the molecule is O=C(CN1CCC2CCCCC2C1)c1cc(F)ccc1O. The lowest BCUT2D eigenvalue weighted by molar-refractivity contribution is 0.0711. The van der Waals surface area contributed by atoms with Crippen molar-refractivity contribution in [1.29, 1.82) is 0 Å². The summed E-state index contributed by atoms with van der Waals surface area (Å²) < 4.78 is 13.2. The van der Waals surface area contributed by atoms with E-state index >= 15 is 0 Å². The number of fused-ring (bicyclic) bond motifs is 1. The molecule has 1 aromatic carbocycles. The summed E-state index contributed by atoms with van der Waals surface area (Å²) in [5, 5.41) is 9.72. The van der Waals surface area contributed by atoms with Crippen molar-refractivity contribution in [2.24, 2.45) is 11.8 Å². The van der Waals surface area contributed by atoms with Crippen LogP contribution in [0.2, 0.25) is 0 Å². The maximum absolute atomic E-state index is 13.2. The Kier molecular flexibility index (Phi) is 4.24. The van der Waals surface area contributed by atoms with E-state index in [-0.39, 0.29) is 23.6 Å². The molecule has 1 N–H and O–H groups in total. The first kappa shape index (κ1) is 14.5. The average Bonchev–Trinajstić information content (AvgIpc) is 2.49. The molecule has 0 bridgehead atoms. The molecular formula is C17H22FNO2. The molecule has 1 saturated carbocycles. The van der Waals surface area contributed by atoms with Gasteiger partial charge in [0.1, 0.15) is 11.6 Å². The molecule has 1 aliphatic carbocycles. The largest absolute Gasteiger partial charge is 0.507 e. The molecule has 2 aliphatic rings. The predicted molar refractivity (Wildman–Crippen MR) is 78.9 cm³/mol. The van der Waals surface area contributed by atoms with Crippen molar-refractivity contribution in [2.45, 2.75) is 32.1 Å². The predicted octanol–water partition coefficient (Wildman–Crippen LogP) is 3.23. The Hall–Kier alpha value is -1.42. The number of carbonyl (C=O) groups excluding carboxylic acids is 1. The van der Waals surface area contributed by atoms with Crippen molar-refractivity contribution < 1.29 is 14.3 Å². The lowest BCUT2D eigenvalue weighted by Crippen LogP contribution is -2.43. The fraction of sp³-hybridized carbons (Fsp3) is 0.588. The van der Waals surface area contributed by atoms with Crippen LogP contribution in [0.5, 0.6) is 5.75 Å². The van der Waals surface area contributed by atoms with Crippen LogP contribution in [0.3, 0.4) is 0 Å². The highest BCUT2D eigenvalue weighted by Gasteiger charge is 2.31. The summed E-state index contributed by atoms with van der Waals surface area (Å²) in [4.78, 5) is 14.4. The number of aromatic hydroxyl groups is 1. The van der Waals surface area contributed by atoms with E-state index in [0.717, 1.165) is 31.5 Å². The van der Waals surface area contributed by atoms with Gasteiger partial charge in [-0.3, -0.25) is 9.69 Å².